The maximum absolute atomic E-state index is 12.0. The molecule has 0 N–H and O–H groups in total. The minimum atomic E-state index is -0.488. The van der Waals surface area contributed by atoms with E-state index < -0.39 is 5.60 Å². The summed E-state index contributed by atoms with van der Waals surface area (Å²) in [5.74, 6) is 0.295. The summed E-state index contributed by atoms with van der Waals surface area (Å²) in [7, 11) is 0. The maximum atomic E-state index is 12.0. The Morgan fingerprint density at radius 3 is 2.55 bits per heavy atom. The number of Topliss-reactive ketones (excluding diaryl/α,β-unsaturated/α-hetero) is 1. The molecule has 1 rings (SSSR count). The molecule has 5 heteroatoms. The molecule has 1 saturated heterocycles. The third-order valence-electron chi connectivity index (χ3n) is 3.15. The molecule has 20 heavy (non-hydrogen) atoms. The van der Waals surface area contributed by atoms with Gasteiger partial charge in [0, 0.05) is 18.9 Å². The van der Waals surface area contributed by atoms with Crippen LogP contribution in [0.15, 0.2) is 0 Å². The van der Waals surface area contributed by atoms with Crippen LogP contribution in [0.3, 0.4) is 0 Å². The number of carbonyl (C=O) groups is 2. The fraction of sp³-hybridized carbons (Fsp3) is 0.867. The highest BCUT2D eigenvalue weighted by molar-refractivity contribution is 5.80. The molecule has 0 radical (unpaired) electrons. The van der Waals surface area contributed by atoms with Gasteiger partial charge in [-0.25, -0.2) is 4.79 Å². The Labute approximate surface area is 121 Å². The molecule has 0 aromatic rings. The molecule has 0 spiro atoms. The lowest BCUT2D eigenvalue weighted by Crippen LogP contribution is -2.47. The van der Waals surface area contributed by atoms with E-state index in [4.69, 9.17) is 9.47 Å². The zero-order valence-electron chi connectivity index (χ0n) is 13.3. The number of hydrogen-bond acceptors (Lipinski definition) is 4. The first-order valence-corrected chi connectivity index (χ1v) is 7.31. The lowest BCUT2D eigenvalue weighted by atomic mass is 10.0. The number of amides is 1. The summed E-state index contributed by atoms with van der Waals surface area (Å²) < 4.78 is 11.0. The molecule has 0 aliphatic carbocycles. The standard InChI is InChI=1S/C15H27NO4/c1-11(2)13(17)7-6-12-10-16(8-9-19-12)14(18)20-15(3,4)5/h11-12H,6-10H2,1-5H3/t12-/m0/s1. The second-order valence-corrected chi connectivity index (χ2v) is 6.58. The first kappa shape index (κ1) is 17.0. The van der Waals surface area contributed by atoms with Gasteiger partial charge < -0.3 is 14.4 Å². The van der Waals surface area contributed by atoms with E-state index in [1.165, 1.54) is 0 Å². The number of carbonyl (C=O) groups excluding carboxylic acids is 2. The van der Waals surface area contributed by atoms with E-state index in [-0.39, 0.29) is 23.9 Å². The van der Waals surface area contributed by atoms with Crippen molar-refractivity contribution >= 4 is 11.9 Å². The molecule has 1 amide bonds. The van der Waals surface area contributed by atoms with E-state index in [2.05, 4.69) is 0 Å². The largest absolute Gasteiger partial charge is 0.444 e. The van der Waals surface area contributed by atoms with Gasteiger partial charge in [0.25, 0.3) is 0 Å². The van der Waals surface area contributed by atoms with Gasteiger partial charge in [0.15, 0.2) is 0 Å². The molecule has 1 fully saturated rings. The third kappa shape index (κ3) is 5.90. The molecular formula is C15H27NO4. The predicted molar refractivity (Wildman–Crippen MR) is 76.6 cm³/mol. The summed E-state index contributed by atoms with van der Waals surface area (Å²) in [6, 6.07) is 0. The fourth-order valence-corrected chi connectivity index (χ4v) is 1.98. The summed E-state index contributed by atoms with van der Waals surface area (Å²) in [4.78, 5) is 25.3. The van der Waals surface area contributed by atoms with Gasteiger partial charge >= 0.3 is 6.09 Å². The van der Waals surface area contributed by atoms with Crippen molar-refractivity contribution in [3.05, 3.63) is 0 Å². The van der Waals surface area contributed by atoms with Crippen molar-refractivity contribution in [3.8, 4) is 0 Å². The average Bonchev–Trinajstić information content (AvgIpc) is 2.34. The van der Waals surface area contributed by atoms with Gasteiger partial charge in [-0.3, -0.25) is 4.79 Å². The average molecular weight is 285 g/mol. The van der Waals surface area contributed by atoms with Crippen LogP contribution < -0.4 is 0 Å². The quantitative estimate of drug-likeness (QED) is 0.796. The molecule has 1 aliphatic heterocycles. The predicted octanol–water partition coefficient (Wildman–Crippen LogP) is 2.63. The Balaban J connectivity index is 2.42. The summed E-state index contributed by atoms with van der Waals surface area (Å²) in [5.41, 5.74) is -0.488. The van der Waals surface area contributed by atoms with Crippen molar-refractivity contribution in [3.63, 3.8) is 0 Å². The molecule has 5 nitrogen and oxygen atoms in total. The van der Waals surface area contributed by atoms with E-state index in [1.807, 2.05) is 34.6 Å². The summed E-state index contributed by atoms with van der Waals surface area (Å²) in [6.45, 7) is 10.9. The number of nitrogens with zero attached hydrogens (tertiary/aromatic N) is 1. The highest BCUT2D eigenvalue weighted by Gasteiger charge is 2.28. The lowest BCUT2D eigenvalue weighted by Gasteiger charge is -2.34. The van der Waals surface area contributed by atoms with Gasteiger partial charge in [0.2, 0.25) is 0 Å². The Morgan fingerprint density at radius 2 is 2.00 bits per heavy atom. The molecule has 0 aromatic carbocycles. The summed E-state index contributed by atoms with van der Waals surface area (Å²) in [5, 5.41) is 0. The highest BCUT2D eigenvalue weighted by Crippen LogP contribution is 2.16. The minimum Gasteiger partial charge on any atom is -0.444 e. The van der Waals surface area contributed by atoms with Crippen LogP contribution in [0.5, 0.6) is 0 Å². The van der Waals surface area contributed by atoms with Crippen molar-refractivity contribution in [2.75, 3.05) is 19.7 Å². The van der Waals surface area contributed by atoms with Crippen molar-refractivity contribution in [2.45, 2.75) is 59.2 Å². The number of ketones is 1. The normalized spacial score (nSPS) is 20.1. The zero-order valence-corrected chi connectivity index (χ0v) is 13.3. The minimum absolute atomic E-state index is 0.0561. The molecule has 1 aliphatic rings. The van der Waals surface area contributed by atoms with Gasteiger partial charge in [0.1, 0.15) is 11.4 Å². The SMILES string of the molecule is CC(C)C(=O)CC[C@H]1CN(C(=O)OC(C)(C)C)CCO1. The summed E-state index contributed by atoms with van der Waals surface area (Å²) >= 11 is 0. The monoisotopic (exact) mass is 285 g/mol. The van der Waals surface area contributed by atoms with Gasteiger partial charge in [-0.2, -0.15) is 0 Å². The van der Waals surface area contributed by atoms with E-state index in [0.29, 0.717) is 32.5 Å². The van der Waals surface area contributed by atoms with Crippen LogP contribution >= 0.6 is 0 Å². The molecule has 0 aromatic heterocycles. The Morgan fingerprint density at radius 1 is 1.35 bits per heavy atom. The number of morpholine rings is 1. The Hall–Kier alpha value is -1.10. The fourth-order valence-electron chi connectivity index (χ4n) is 1.98. The second kappa shape index (κ2) is 7.07. The first-order valence-electron chi connectivity index (χ1n) is 7.31. The molecular weight excluding hydrogens is 258 g/mol. The van der Waals surface area contributed by atoms with Crippen LogP contribution in [0.1, 0.15) is 47.5 Å². The number of rotatable bonds is 4. The van der Waals surface area contributed by atoms with Crippen molar-refractivity contribution in [2.24, 2.45) is 5.92 Å². The summed E-state index contributed by atoms with van der Waals surface area (Å²) in [6.07, 6.45) is 0.792. The zero-order chi connectivity index (χ0) is 15.3. The maximum Gasteiger partial charge on any atom is 0.410 e. The Bertz CT molecular complexity index is 346. The molecule has 1 atom stereocenters. The highest BCUT2D eigenvalue weighted by atomic mass is 16.6. The number of ether oxygens (including phenoxy) is 2. The van der Waals surface area contributed by atoms with Crippen LogP contribution in [0.2, 0.25) is 0 Å². The van der Waals surface area contributed by atoms with Crippen LogP contribution in [0.4, 0.5) is 4.79 Å². The van der Waals surface area contributed by atoms with Gasteiger partial charge in [0.05, 0.1) is 19.3 Å². The molecule has 0 saturated carbocycles. The van der Waals surface area contributed by atoms with E-state index in [1.54, 1.807) is 4.90 Å². The van der Waals surface area contributed by atoms with E-state index in [0.717, 1.165) is 0 Å². The molecule has 116 valence electrons. The van der Waals surface area contributed by atoms with E-state index >= 15 is 0 Å². The molecule has 0 bridgehead atoms. The van der Waals surface area contributed by atoms with Gasteiger partial charge in [-0.05, 0) is 27.2 Å². The molecule has 1 heterocycles. The van der Waals surface area contributed by atoms with E-state index in [9.17, 15) is 9.59 Å². The van der Waals surface area contributed by atoms with Crippen LogP contribution in [0, 0.1) is 5.92 Å². The third-order valence-corrected chi connectivity index (χ3v) is 3.15. The first-order chi connectivity index (χ1) is 9.19. The van der Waals surface area contributed by atoms with Crippen molar-refractivity contribution in [1.82, 2.24) is 4.90 Å². The number of hydrogen-bond donors (Lipinski definition) is 0. The lowest BCUT2D eigenvalue weighted by molar-refractivity contribution is -0.123. The van der Waals surface area contributed by atoms with Crippen molar-refractivity contribution in [1.29, 1.82) is 0 Å². The Kier molecular flexibility index (Phi) is 5.99. The van der Waals surface area contributed by atoms with Gasteiger partial charge in [-0.1, -0.05) is 13.8 Å². The van der Waals surface area contributed by atoms with Crippen LogP contribution in [-0.4, -0.2) is 48.2 Å². The smallest absolute Gasteiger partial charge is 0.410 e. The van der Waals surface area contributed by atoms with Crippen LogP contribution in [0.25, 0.3) is 0 Å². The van der Waals surface area contributed by atoms with Crippen LogP contribution in [-0.2, 0) is 14.3 Å². The van der Waals surface area contributed by atoms with Crippen molar-refractivity contribution < 1.29 is 19.1 Å². The second-order valence-electron chi connectivity index (χ2n) is 6.58. The molecule has 0 unspecified atom stereocenters. The van der Waals surface area contributed by atoms with Gasteiger partial charge in [-0.15, -0.1) is 0 Å². The topological polar surface area (TPSA) is 55.8 Å².